The fourth-order valence-corrected chi connectivity index (χ4v) is 5.17. The Morgan fingerprint density at radius 1 is 1.17 bits per heavy atom. The lowest BCUT2D eigenvalue weighted by atomic mass is 9.96. The van der Waals surface area contributed by atoms with E-state index in [1.807, 2.05) is 17.0 Å². The van der Waals surface area contributed by atoms with E-state index in [1.54, 1.807) is 11.3 Å². The Kier molecular flexibility index (Phi) is 4.95. The van der Waals surface area contributed by atoms with Gasteiger partial charge in [0, 0.05) is 31.6 Å². The fraction of sp³-hybridized carbons (Fsp3) is 0.524. The molecule has 0 saturated carbocycles. The molecule has 29 heavy (non-hydrogen) atoms. The van der Waals surface area contributed by atoms with E-state index in [0.717, 1.165) is 91.8 Å². The zero-order chi connectivity index (χ0) is 19.8. The van der Waals surface area contributed by atoms with Crippen LogP contribution in [0.2, 0.25) is 0 Å². The van der Waals surface area contributed by atoms with Crippen molar-refractivity contribution < 1.29 is 4.79 Å². The number of pyridine rings is 1. The Bertz CT molecular complexity index is 1020. The van der Waals surface area contributed by atoms with Gasteiger partial charge in [0.25, 0.3) is 0 Å². The molecular formula is C21H26N6OS. The number of anilines is 1. The summed E-state index contributed by atoms with van der Waals surface area (Å²) < 4.78 is 0. The average molecular weight is 411 g/mol. The number of piperidine rings is 1. The van der Waals surface area contributed by atoms with Gasteiger partial charge in [-0.3, -0.25) is 4.79 Å². The van der Waals surface area contributed by atoms with Crippen LogP contribution in [0.15, 0.2) is 17.5 Å². The average Bonchev–Trinajstić information content (AvgIpc) is 3.52. The minimum atomic E-state index is 0.0828. The molecule has 5 rings (SSSR count). The number of H-pyrrole nitrogens is 1. The maximum atomic E-state index is 12.8. The molecular weight excluding hydrogens is 384 g/mol. The molecule has 7 nitrogen and oxygen atoms in total. The number of fused-ring (bicyclic) bond motifs is 1. The summed E-state index contributed by atoms with van der Waals surface area (Å²) >= 11 is 1.61. The quantitative estimate of drug-likeness (QED) is 0.712. The highest BCUT2D eigenvalue weighted by atomic mass is 32.1. The molecule has 0 radical (unpaired) electrons. The van der Waals surface area contributed by atoms with Gasteiger partial charge in [0.1, 0.15) is 11.3 Å². The zero-order valence-corrected chi connectivity index (χ0v) is 17.5. The van der Waals surface area contributed by atoms with Crippen molar-refractivity contribution in [2.24, 2.45) is 5.92 Å². The van der Waals surface area contributed by atoms with Gasteiger partial charge in [-0.25, -0.2) is 15.0 Å². The van der Waals surface area contributed by atoms with E-state index in [1.165, 1.54) is 0 Å². The van der Waals surface area contributed by atoms with Crippen molar-refractivity contribution in [1.82, 2.24) is 24.8 Å². The van der Waals surface area contributed by atoms with E-state index < -0.39 is 0 Å². The normalized spacial score (nSPS) is 20.0. The van der Waals surface area contributed by atoms with E-state index in [4.69, 9.17) is 4.98 Å². The Hall–Kier alpha value is -2.48. The molecule has 1 amide bonds. The van der Waals surface area contributed by atoms with E-state index >= 15 is 0 Å². The summed E-state index contributed by atoms with van der Waals surface area (Å²) in [7, 11) is 0. The minimum absolute atomic E-state index is 0.0828. The summed E-state index contributed by atoms with van der Waals surface area (Å²) in [6, 6.07) is 4.03. The van der Waals surface area contributed by atoms with E-state index in [0.29, 0.717) is 5.91 Å². The number of aromatic amines is 1. The van der Waals surface area contributed by atoms with E-state index in [-0.39, 0.29) is 5.92 Å². The largest absolute Gasteiger partial charge is 0.356 e. The summed E-state index contributed by atoms with van der Waals surface area (Å²) in [5.74, 6) is 2.10. The Morgan fingerprint density at radius 3 is 2.83 bits per heavy atom. The standard InChI is InChI=1S/C21H26N6OS/c1-2-15-13-29-20(22-15)19-23-16-7-8-17(24-18(16)25-19)27-11-5-6-14(12-27)21(28)26-9-3-4-10-26/h7-8,13-14H,2-6,9-12H2,1H3,(H,23,24,25). The molecule has 0 spiro atoms. The lowest BCUT2D eigenvalue weighted by Gasteiger charge is -2.34. The second kappa shape index (κ2) is 7.74. The van der Waals surface area contributed by atoms with Crippen LogP contribution in [0.5, 0.6) is 0 Å². The smallest absolute Gasteiger partial charge is 0.227 e. The van der Waals surface area contributed by atoms with Crippen molar-refractivity contribution >= 4 is 34.2 Å². The van der Waals surface area contributed by atoms with E-state index in [9.17, 15) is 4.79 Å². The minimum Gasteiger partial charge on any atom is -0.356 e. The molecule has 8 heteroatoms. The molecule has 1 unspecified atom stereocenters. The molecule has 152 valence electrons. The molecule has 2 fully saturated rings. The molecule has 5 heterocycles. The summed E-state index contributed by atoms with van der Waals surface area (Å²) in [5.41, 5.74) is 2.71. The van der Waals surface area contributed by atoms with Crippen LogP contribution in [-0.4, -0.2) is 56.9 Å². The summed E-state index contributed by atoms with van der Waals surface area (Å²) in [5, 5.41) is 2.97. The number of thiazole rings is 1. The number of nitrogens with zero attached hydrogens (tertiary/aromatic N) is 5. The van der Waals surface area contributed by atoms with Crippen LogP contribution in [-0.2, 0) is 11.2 Å². The van der Waals surface area contributed by atoms with Gasteiger partial charge >= 0.3 is 0 Å². The topological polar surface area (TPSA) is 78.0 Å². The molecule has 2 aliphatic rings. The predicted molar refractivity (Wildman–Crippen MR) is 115 cm³/mol. The van der Waals surface area contributed by atoms with Crippen molar-refractivity contribution in [2.45, 2.75) is 39.0 Å². The molecule has 2 saturated heterocycles. The number of hydrogen-bond acceptors (Lipinski definition) is 6. The van der Waals surface area contributed by atoms with Crippen LogP contribution in [0.1, 0.15) is 38.3 Å². The Morgan fingerprint density at radius 2 is 2.03 bits per heavy atom. The van der Waals surface area contributed by atoms with Gasteiger partial charge in [0.15, 0.2) is 16.5 Å². The van der Waals surface area contributed by atoms with Gasteiger partial charge in [0.2, 0.25) is 5.91 Å². The number of nitrogens with one attached hydrogen (secondary N) is 1. The van der Waals surface area contributed by atoms with Crippen molar-refractivity contribution in [2.75, 3.05) is 31.1 Å². The lowest BCUT2D eigenvalue weighted by molar-refractivity contribution is -0.134. The number of imidazole rings is 1. The number of rotatable bonds is 4. The second-order valence-corrected chi connectivity index (χ2v) is 8.80. The monoisotopic (exact) mass is 410 g/mol. The van der Waals surface area contributed by atoms with Gasteiger partial charge < -0.3 is 14.8 Å². The summed E-state index contributed by atoms with van der Waals surface area (Å²) in [6.45, 7) is 5.64. The summed E-state index contributed by atoms with van der Waals surface area (Å²) in [6.07, 6.45) is 5.21. The van der Waals surface area contributed by atoms with Crippen molar-refractivity contribution in [3.63, 3.8) is 0 Å². The number of hydrogen-bond donors (Lipinski definition) is 1. The van der Waals surface area contributed by atoms with Crippen LogP contribution < -0.4 is 4.90 Å². The first kappa shape index (κ1) is 18.5. The fourth-order valence-electron chi connectivity index (χ4n) is 4.32. The Balaban J connectivity index is 1.36. The number of aryl methyl sites for hydroxylation is 1. The lowest BCUT2D eigenvalue weighted by Crippen LogP contribution is -2.44. The highest BCUT2D eigenvalue weighted by Crippen LogP contribution is 2.28. The highest BCUT2D eigenvalue weighted by molar-refractivity contribution is 7.13. The number of aromatic nitrogens is 4. The number of amides is 1. The molecule has 3 aromatic heterocycles. The van der Waals surface area contributed by atoms with Crippen molar-refractivity contribution in [1.29, 1.82) is 0 Å². The SMILES string of the molecule is CCc1csc(-c2nc3ccc(N4CCCC(C(=O)N5CCCC5)C4)nc3[nH]2)n1. The van der Waals surface area contributed by atoms with Gasteiger partial charge in [-0.1, -0.05) is 6.92 Å². The molecule has 0 aliphatic carbocycles. The first-order chi connectivity index (χ1) is 14.2. The van der Waals surface area contributed by atoms with Gasteiger partial charge in [-0.05, 0) is 44.2 Å². The maximum absolute atomic E-state index is 12.8. The third-order valence-corrected chi connectivity index (χ3v) is 6.86. The van der Waals surface area contributed by atoms with Crippen LogP contribution in [0.3, 0.4) is 0 Å². The summed E-state index contributed by atoms with van der Waals surface area (Å²) in [4.78, 5) is 34.6. The molecule has 3 aromatic rings. The zero-order valence-electron chi connectivity index (χ0n) is 16.7. The maximum Gasteiger partial charge on any atom is 0.227 e. The van der Waals surface area contributed by atoms with Crippen LogP contribution in [0.25, 0.3) is 22.0 Å². The first-order valence-electron chi connectivity index (χ1n) is 10.6. The molecule has 1 atom stereocenters. The highest BCUT2D eigenvalue weighted by Gasteiger charge is 2.31. The van der Waals surface area contributed by atoms with Crippen LogP contribution in [0, 0.1) is 5.92 Å². The third kappa shape index (κ3) is 3.61. The van der Waals surface area contributed by atoms with Gasteiger partial charge in [-0.15, -0.1) is 11.3 Å². The number of likely N-dealkylation sites (tertiary alicyclic amines) is 1. The predicted octanol–water partition coefficient (Wildman–Crippen LogP) is 3.48. The Labute approximate surface area is 174 Å². The van der Waals surface area contributed by atoms with Crippen molar-refractivity contribution in [3.05, 3.63) is 23.2 Å². The number of carbonyl (C=O) groups excluding carboxylic acids is 1. The molecule has 1 N–H and O–H groups in total. The first-order valence-corrected chi connectivity index (χ1v) is 11.4. The number of carbonyl (C=O) groups is 1. The van der Waals surface area contributed by atoms with Crippen LogP contribution >= 0.6 is 11.3 Å². The van der Waals surface area contributed by atoms with Gasteiger partial charge in [0.05, 0.1) is 11.6 Å². The molecule has 2 aliphatic heterocycles. The van der Waals surface area contributed by atoms with Gasteiger partial charge in [-0.2, -0.15) is 0 Å². The third-order valence-electron chi connectivity index (χ3n) is 5.96. The van der Waals surface area contributed by atoms with E-state index in [2.05, 4.69) is 32.2 Å². The van der Waals surface area contributed by atoms with Crippen molar-refractivity contribution in [3.8, 4) is 10.8 Å². The second-order valence-electron chi connectivity index (χ2n) is 7.94. The van der Waals surface area contributed by atoms with Crippen LogP contribution in [0.4, 0.5) is 5.82 Å². The molecule has 0 bridgehead atoms. The molecule has 0 aromatic carbocycles.